The van der Waals surface area contributed by atoms with Crippen molar-refractivity contribution < 1.29 is 4.74 Å². The number of amidine groups is 1. The molecule has 1 aliphatic heterocycles. The lowest BCUT2D eigenvalue weighted by Crippen LogP contribution is -2.25. The van der Waals surface area contributed by atoms with Crippen LogP contribution in [0.15, 0.2) is 4.99 Å². The maximum atomic E-state index is 5.09. The topological polar surface area (TPSA) is 33.6 Å². The molecule has 0 spiro atoms. The molecule has 24 heavy (non-hydrogen) atoms. The van der Waals surface area contributed by atoms with E-state index >= 15 is 0 Å². The highest BCUT2D eigenvalue weighted by Crippen LogP contribution is 2.12. The van der Waals surface area contributed by atoms with Crippen LogP contribution in [0.3, 0.4) is 0 Å². The van der Waals surface area contributed by atoms with Crippen molar-refractivity contribution in [2.45, 2.75) is 103 Å². The van der Waals surface area contributed by atoms with E-state index in [1.807, 2.05) is 0 Å². The lowest BCUT2D eigenvalue weighted by atomic mass is 10.1. The molecular formula is C21H42N2O. The molecule has 142 valence electrons. The normalized spacial score (nSPS) is 20.0. The van der Waals surface area contributed by atoms with Gasteiger partial charge in [0.15, 0.2) is 0 Å². The largest absolute Gasteiger partial charge is 0.385 e. The van der Waals surface area contributed by atoms with Gasteiger partial charge in [-0.1, -0.05) is 70.6 Å². The van der Waals surface area contributed by atoms with E-state index in [2.05, 4.69) is 5.32 Å². The van der Waals surface area contributed by atoms with E-state index in [1.54, 1.807) is 7.11 Å². The Kier molecular flexibility index (Phi) is 15.4. The van der Waals surface area contributed by atoms with Crippen LogP contribution < -0.4 is 5.32 Å². The molecule has 1 fully saturated rings. The summed E-state index contributed by atoms with van der Waals surface area (Å²) >= 11 is 0. The average Bonchev–Trinajstić information content (AvgIpc) is 2.62. The van der Waals surface area contributed by atoms with Crippen molar-refractivity contribution in [3.8, 4) is 0 Å². The van der Waals surface area contributed by atoms with Gasteiger partial charge >= 0.3 is 0 Å². The van der Waals surface area contributed by atoms with Crippen LogP contribution >= 0.6 is 0 Å². The van der Waals surface area contributed by atoms with E-state index in [0.717, 1.165) is 26.1 Å². The summed E-state index contributed by atoms with van der Waals surface area (Å²) in [7, 11) is 1.79. The highest BCUT2D eigenvalue weighted by molar-refractivity contribution is 5.82. The third-order valence-electron chi connectivity index (χ3n) is 4.98. The Morgan fingerprint density at radius 1 is 0.750 bits per heavy atom. The van der Waals surface area contributed by atoms with Crippen molar-refractivity contribution >= 4 is 5.84 Å². The number of unbranched alkanes of at least 4 members (excludes halogenated alkanes) is 5. The number of nitrogens with zero attached hydrogens (tertiary/aromatic N) is 1. The fraction of sp³-hybridized carbons (Fsp3) is 0.952. The molecule has 1 aliphatic rings. The van der Waals surface area contributed by atoms with Gasteiger partial charge in [0.2, 0.25) is 0 Å². The fourth-order valence-corrected chi connectivity index (χ4v) is 3.39. The molecule has 1 N–H and O–H groups in total. The Morgan fingerprint density at radius 3 is 2.04 bits per heavy atom. The molecule has 0 bridgehead atoms. The van der Waals surface area contributed by atoms with E-state index in [4.69, 9.17) is 9.73 Å². The Bertz CT molecular complexity index is 276. The Balaban J connectivity index is 2.11. The molecule has 0 amide bonds. The highest BCUT2D eigenvalue weighted by Gasteiger charge is 2.01. The fourth-order valence-electron chi connectivity index (χ4n) is 3.39. The van der Waals surface area contributed by atoms with Gasteiger partial charge in [-0.3, -0.25) is 4.99 Å². The predicted molar refractivity (Wildman–Crippen MR) is 106 cm³/mol. The van der Waals surface area contributed by atoms with Gasteiger partial charge in [-0.15, -0.1) is 0 Å². The molecule has 0 aromatic heterocycles. The molecule has 0 atom stereocenters. The van der Waals surface area contributed by atoms with E-state index in [1.165, 1.54) is 102 Å². The molecule has 0 aliphatic carbocycles. The number of aliphatic imine (C=N–C) groups is 1. The van der Waals surface area contributed by atoms with E-state index in [-0.39, 0.29) is 0 Å². The van der Waals surface area contributed by atoms with Crippen molar-refractivity contribution in [2.24, 2.45) is 4.99 Å². The van der Waals surface area contributed by atoms with E-state index in [9.17, 15) is 0 Å². The van der Waals surface area contributed by atoms with Gasteiger partial charge in [0, 0.05) is 33.2 Å². The molecule has 3 nitrogen and oxygen atoms in total. The Hall–Kier alpha value is -0.570. The second-order valence-corrected chi connectivity index (χ2v) is 7.30. The third-order valence-corrected chi connectivity index (χ3v) is 4.98. The van der Waals surface area contributed by atoms with Crippen molar-refractivity contribution in [3.05, 3.63) is 0 Å². The number of hydrogen-bond acceptors (Lipinski definition) is 2. The van der Waals surface area contributed by atoms with Crippen LogP contribution in [0.1, 0.15) is 103 Å². The second kappa shape index (κ2) is 17.3. The molecule has 0 aromatic rings. The maximum Gasteiger partial charge on any atom is 0.0963 e. The van der Waals surface area contributed by atoms with E-state index in [0.29, 0.717) is 0 Å². The van der Waals surface area contributed by atoms with Crippen LogP contribution in [0, 0.1) is 0 Å². The van der Waals surface area contributed by atoms with Gasteiger partial charge in [-0.2, -0.15) is 0 Å². The quantitative estimate of drug-likeness (QED) is 0.533. The summed E-state index contributed by atoms with van der Waals surface area (Å²) in [5, 5.41) is 3.62. The number of nitrogens with one attached hydrogen (secondary N) is 1. The molecule has 1 rings (SSSR count). The predicted octanol–water partition coefficient (Wildman–Crippen LogP) is 5.88. The minimum atomic E-state index is 0.916. The van der Waals surface area contributed by atoms with Crippen LogP contribution in [-0.4, -0.2) is 32.6 Å². The van der Waals surface area contributed by atoms with Gasteiger partial charge in [0.25, 0.3) is 0 Å². The van der Waals surface area contributed by atoms with Gasteiger partial charge in [0.05, 0.1) is 5.84 Å². The molecule has 0 unspecified atom stereocenters. The first-order chi connectivity index (χ1) is 11.9. The van der Waals surface area contributed by atoms with Crippen molar-refractivity contribution in [3.63, 3.8) is 0 Å². The first-order valence-electron chi connectivity index (χ1n) is 10.7. The molecular weight excluding hydrogens is 296 g/mol. The van der Waals surface area contributed by atoms with Crippen molar-refractivity contribution in [1.82, 2.24) is 5.32 Å². The SMILES string of the molecule is COCCCCCCCC/N=C1\CCCCCCCCCCCN1. The summed E-state index contributed by atoms with van der Waals surface area (Å²) in [6.45, 7) is 3.05. The summed E-state index contributed by atoms with van der Waals surface area (Å²) in [5.74, 6) is 1.29. The molecule has 0 aromatic carbocycles. The van der Waals surface area contributed by atoms with Crippen LogP contribution in [0.4, 0.5) is 0 Å². The lowest BCUT2D eigenvalue weighted by Gasteiger charge is -2.10. The minimum absolute atomic E-state index is 0.916. The summed E-state index contributed by atoms with van der Waals surface area (Å²) in [5.41, 5.74) is 0. The van der Waals surface area contributed by atoms with Gasteiger partial charge in [-0.05, 0) is 25.7 Å². The lowest BCUT2D eigenvalue weighted by molar-refractivity contribution is 0.192. The van der Waals surface area contributed by atoms with Crippen LogP contribution in [0.5, 0.6) is 0 Å². The van der Waals surface area contributed by atoms with Gasteiger partial charge in [0.1, 0.15) is 0 Å². The van der Waals surface area contributed by atoms with Crippen LogP contribution in [0.2, 0.25) is 0 Å². The van der Waals surface area contributed by atoms with Gasteiger partial charge in [-0.25, -0.2) is 0 Å². The Morgan fingerprint density at radius 2 is 1.33 bits per heavy atom. The maximum absolute atomic E-state index is 5.09. The zero-order valence-electron chi connectivity index (χ0n) is 16.3. The minimum Gasteiger partial charge on any atom is -0.385 e. The Labute approximate surface area is 151 Å². The summed E-state index contributed by atoms with van der Waals surface area (Å²) in [6, 6.07) is 0. The third kappa shape index (κ3) is 13.8. The van der Waals surface area contributed by atoms with Gasteiger partial charge < -0.3 is 10.1 Å². The summed E-state index contributed by atoms with van der Waals surface area (Å²) in [6.07, 6.45) is 21.5. The highest BCUT2D eigenvalue weighted by atomic mass is 16.5. The summed E-state index contributed by atoms with van der Waals surface area (Å²) in [4.78, 5) is 4.87. The molecule has 1 saturated heterocycles. The zero-order chi connectivity index (χ0) is 17.1. The summed E-state index contributed by atoms with van der Waals surface area (Å²) < 4.78 is 5.09. The number of rotatable bonds is 9. The number of ether oxygens (including phenoxy) is 1. The number of methoxy groups -OCH3 is 1. The molecule has 1 heterocycles. The zero-order valence-corrected chi connectivity index (χ0v) is 16.3. The smallest absolute Gasteiger partial charge is 0.0963 e. The second-order valence-electron chi connectivity index (χ2n) is 7.30. The first kappa shape index (κ1) is 21.5. The van der Waals surface area contributed by atoms with Crippen LogP contribution in [0.25, 0.3) is 0 Å². The molecule has 3 heteroatoms. The first-order valence-corrected chi connectivity index (χ1v) is 10.7. The monoisotopic (exact) mass is 338 g/mol. The van der Waals surface area contributed by atoms with Crippen LogP contribution in [-0.2, 0) is 4.74 Å². The van der Waals surface area contributed by atoms with Crippen molar-refractivity contribution in [2.75, 3.05) is 26.8 Å². The number of hydrogen-bond donors (Lipinski definition) is 1. The molecule has 0 saturated carbocycles. The standard InChI is InChI=1S/C21H42N2O/c1-24-20-16-12-8-7-11-15-19-23-21-17-13-9-5-3-2-4-6-10-14-18-22-21/h2-20H2,1H3,(H,22,23). The van der Waals surface area contributed by atoms with Crippen molar-refractivity contribution in [1.29, 1.82) is 0 Å². The average molecular weight is 339 g/mol. The molecule has 0 radical (unpaired) electrons. The van der Waals surface area contributed by atoms with E-state index < -0.39 is 0 Å².